The molecule has 7 nitrogen and oxygen atoms in total. The largest absolute Gasteiger partial charge is 0.376 e. The first kappa shape index (κ1) is 22.4. The first-order valence-corrected chi connectivity index (χ1v) is 13.7. The normalized spacial score (nSPS) is 19.3. The first-order chi connectivity index (χ1) is 16.0. The van der Waals surface area contributed by atoms with E-state index < -0.39 is 10.0 Å². The van der Waals surface area contributed by atoms with Crippen LogP contribution in [0.2, 0.25) is 0 Å². The van der Waals surface area contributed by atoms with Crippen molar-refractivity contribution in [3.8, 4) is 6.07 Å². The van der Waals surface area contributed by atoms with Crippen LogP contribution >= 0.6 is 11.8 Å². The van der Waals surface area contributed by atoms with Crippen LogP contribution in [0.5, 0.6) is 0 Å². The minimum Gasteiger partial charge on any atom is -0.376 e. The van der Waals surface area contributed by atoms with Crippen LogP contribution in [0.15, 0.2) is 52.5 Å². The second kappa shape index (κ2) is 9.47. The zero-order chi connectivity index (χ0) is 22.8. The molecule has 0 aliphatic carbocycles. The summed E-state index contributed by atoms with van der Waals surface area (Å²) < 4.78 is 35.7. The fraction of sp³-hybridized carbons (Fsp3) is 0.417. The van der Waals surface area contributed by atoms with E-state index in [4.69, 9.17) is 9.72 Å². The van der Waals surface area contributed by atoms with Gasteiger partial charge in [0, 0.05) is 25.4 Å². The topological polar surface area (TPSA) is 88.2 Å². The molecule has 33 heavy (non-hydrogen) atoms. The lowest BCUT2D eigenvalue weighted by Gasteiger charge is -2.16. The summed E-state index contributed by atoms with van der Waals surface area (Å²) in [4.78, 5) is 5.14. The molecule has 0 radical (unpaired) electrons. The number of hydrogen-bond donors (Lipinski definition) is 0. The number of ether oxygens (including phenoxy) is 1. The number of sulfonamides is 1. The Kier molecular flexibility index (Phi) is 6.43. The molecule has 0 spiro atoms. The van der Waals surface area contributed by atoms with Crippen molar-refractivity contribution in [2.45, 2.75) is 54.1 Å². The SMILES string of the molecule is N#Cc1cccc(CSc2nc3cc(S(=O)(=O)N4CCCC4)ccc3n2C[C@H]2CCCO2)c1. The second-order valence-corrected chi connectivity index (χ2v) is 11.4. The third-order valence-corrected chi connectivity index (χ3v) is 9.16. The van der Waals surface area contributed by atoms with Crippen LogP contribution < -0.4 is 0 Å². The number of fused-ring (bicyclic) bond motifs is 1. The summed E-state index contributed by atoms with van der Waals surface area (Å²) in [5.74, 6) is 0.670. The summed E-state index contributed by atoms with van der Waals surface area (Å²) in [6, 6.07) is 15.0. The van der Waals surface area contributed by atoms with E-state index in [2.05, 4.69) is 10.6 Å². The van der Waals surface area contributed by atoms with Crippen molar-refractivity contribution in [2.24, 2.45) is 0 Å². The summed E-state index contributed by atoms with van der Waals surface area (Å²) in [5, 5.41) is 10.0. The Labute approximate surface area is 198 Å². The minimum atomic E-state index is -3.50. The predicted octanol–water partition coefficient (Wildman–Crippen LogP) is 4.16. The van der Waals surface area contributed by atoms with Crippen molar-refractivity contribution in [1.82, 2.24) is 13.9 Å². The van der Waals surface area contributed by atoms with E-state index >= 15 is 0 Å². The van der Waals surface area contributed by atoms with Gasteiger partial charge in [-0.25, -0.2) is 13.4 Å². The van der Waals surface area contributed by atoms with Crippen LogP contribution in [0, 0.1) is 11.3 Å². The molecule has 9 heteroatoms. The molecule has 2 aliphatic heterocycles. The third kappa shape index (κ3) is 4.66. The van der Waals surface area contributed by atoms with Crippen LogP contribution in [-0.2, 0) is 27.1 Å². The molecule has 2 saturated heterocycles. The van der Waals surface area contributed by atoms with Crippen LogP contribution in [0.1, 0.15) is 36.8 Å². The van der Waals surface area contributed by atoms with Gasteiger partial charge >= 0.3 is 0 Å². The molecular formula is C24H26N4O3S2. The Bertz CT molecular complexity index is 1300. The Morgan fingerprint density at radius 1 is 1.15 bits per heavy atom. The summed E-state index contributed by atoms with van der Waals surface area (Å²) in [6.45, 7) is 2.63. The highest BCUT2D eigenvalue weighted by molar-refractivity contribution is 7.98. The van der Waals surface area contributed by atoms with Gasteiger partial charge in [0.05, 0.1) is 40.2 Å². The zero-order valence-corrected chi connectivity index (χ0v) is 19.9. The predicted molar refractivity (Wildman–Crippen MR) is 127 cm³/mol. The van der Waals surface area contributed by atoms with Crippen LogP contribution in [0.4, 0.5) is 0 Å². The molecule has 1 aromatic heterocycles. The van der Waals surface area contributed by atoms with Crippen molar-refractivity contribution >= 4 is 32.8 Å². The maximum atomic E-state index is 13.1. The maximum absolute atomic E-state index is 13.1. The highest BCUT2D eigenvalue weighted by atomic mass is 32.2. The molecule has 3 aromatic rings. The molecule has 3 heterocycles. The van der Waals surface area contributed by atoms with Gasteiger partial charge in [-0.1, -0.05) is 23.9 Å². The Balaban J connectivity index is 1.48. The first-order valence-electron chi connectivity index (χ1n) is 11.3. The standard InChI is InChI=1S/C24H26N4O3S2/c25-15-18-5-3-6-19(13-18)17-32-24-26-22-14-21(33(29,30)27-10-1-2-11-27)8-9-23(22)28(24)16-20-7-4-12-31-20/h3,5-6,8-9,13-14,20H,1-2,4,7,10-12,16-17H2/t20-/m1/s1. The molecule has 1 atom stereocenters. The van der Waals surface area contributed by atoms with Gasteiger partial charge < -0.3 is 9.30 Å². The Hall–Kier alpha value is -2.38. The zero-order valence-electron chi connectivity index (χ0n) is 18.3. The third-order valence-electron chi connectivity index (χ3n) is 6.22. The molecule has 0 N–H and O–H groups in total. The van der Waals surface area contributed by atoms with Crippen molar-refractivity contribution < 1.29 is 13.2 Å². The number of benzene rings is 2. The molecule has 5 rings (SSSR count). The van der Waals surface area contributed by atoms with Crippen molar-refractivity contribution in [1.29, 1.82) is 5.26 Å². The van der Waals surface area contributed by atoms with Crippen molar-refractivity contribution in [2.75, 3.05) is 19.7 Å². The van der Waals surface area contributed by atoms with Gasteiger partial charge in [0.25, 0.3) is 0 Å². The van der Waals surface area contributed by atoms with Gasteiger partial charge in [0.15, 0.2) is 5.16 Å². The van der Waals surface area contributed by atoms with Crippen LogP contribution in [0.25, 0.3) is 11.0 Å². The van der Waals surface area contributed by atoms with E-state index in [-0.39, 0.29) is 6.10 Å². The summed E-state index contributed by atoms with van der Waals surface area (Å²) >= 11 is 1.59. The molecule has 172 valence electrons. The molecule has 2 aliphatic rings. The molecule has 2 fully saturated rings. The quantitative estimate of drug-likeness (QED) is 0.470. The fourth-order valence-electron chi connectivity index (χ4n) is 4.48. The van der Waals surface area contributed by atoms with Crippen molar-refractivity contribution in [3.05, 3.63) is 53.6 Å². The second-order valence-electron chi connectivity index (χ2n) is 8.50. The number of aromatic nitrogens is 2. The maximum Gasteiger partial charge on any atom is 0.243 e. The summed E-state index contributed by atoms with van der Waals surface area (Å²) in [5.41, 5.74) is 3.28. The number of imidazole rings is 1. The summed E-state index contributed by atoms with van der Waals surface area (Å²) in [6.07, 6.45) is 4.02. The van der Waals surface area contributed by atoms with Crippen molar-refractivity contribution in [3.63, 3.8) is 0 Å². The molecule has 0 unspecified atom stereocenters. The van der Waals surface area contributed by atoms with Crippen LogP contribution in [0.3, 0.4) is 0 Å². The summed E-state index contributed by atoms with van der Waals surface area (Å²) in [7, 11) is -3.50. The van der Waals surface area contributed by atoms with E-state index in [1.807, 2.05) is 24.3 Å². The fourth-order valence-corrected chi connectivity index (χ4v) is 6.99. The van der Waals surface area contributed by atoms with Crippen LogP contribution in [-0.4, -0.2) is 48.1 Å². The highest BCUT2D eigenvalue weighted by Crippen LogP contribution is 2.31. The van der Waals surface area contributed by atoms with Gasteiger partial charge in [-0.3, -0.25) is 0 Å². The molecule has 0 saturated carbocycles. The molecular weight excluding hydrogens is 456 g/mol. The van der Waals surface area contributed by atoms with Gasteiger partial charge in [-0.2, -0.15) is 9.57 Å². The monoisotopic (exact) mass is 482 g/mol. The lowest BCUT2D eigenvalue weighted by atomic mass is 10.2. The average molecular weight is 483 g/mol. The lowest BCUT2D eigenvalue weighted by Crippen LogP contribution is -2.27. The molecule has 2 aromatic carbocycles. The lowest BCUT2D eigenvalue weighted by molar-refractivity contribution is 0.0960. The number of thioether (sulfide) groups is 1. The Morgan fingerprint density at radius 2 is 2.00 bits per heavy atom. The minimum absolute atomic E-state index is 0.136. The van der Waals surface area contributed by atoms with E-state index in [1.165, 1.54) is 0 Å². The number of nitriles is 1. The van der Waals surface area contributed by atoms with E-state index in [0.717, 1.165) is 48.5 Å². The smallest absolute Gasteiger partial charge is 0.243 e. The highest BCUT2D eigenvalue weighted by Gasteiger charge is 2.28. The van der Waals surface area contributed by atoms with Gasteiger partial charge in [-0.15, -0.1) is 0 Å². The van der Waals surface area contributed by atoms with Gasteiger partial charge in [0.1, 0.15) is 0 Å². The van der Waals surface area contributed by atoms with Gasteiger partial charge in [0.2, 0.25) is 10.0 Å². The van der Waals surface area contributed by atoms with E-state index in [1.54, 1.807) is 34.3 Å². The van der Waals surface area contributed by atoms with E-state index in [9.17, 15) is 13.7 Å². The van der Waals surface area contributed by atoms with Gasteiger partial charge in [-0.05, 0) is 61.6 Å². The molecule has 0 bridgehead atoms. The number of rotatable bonds is 7. The average Bonchev–Trinajstić information content (AvgIpc) is 3.60. The van der Waals surface area contributed by atoms with E-state index in [0.29, 0.717) is 41.4 Å². The molecule has 0 amide bonds. The Morgan fingerprint density at radius 3 is 2.76 bits per heavy atom. The number of nitrogens with zero attached hydrogens (tertiary/aromatic N) is 4. The number of hydrogen-bond acceptors (Lipinski definition) is 6.